The Morgan fingerprint density at radius 3 is 3.07 bits per heavy atom. The normalized spacial score (nSPS) is 30.9. The van der Waals surface area contributed by atoms with Crippen molar-refractivity contribution in [3.05, 3.63) is 11.8 Å². The van der Waals surface area contributed by atoms with Crippen molar-refractivity contribution >= 4 is 11.9 Å². The van der Waals surface area contributed by atoms with Crippen LogP contribution in [-0.2, 0) is 19.1 Å². The number of aliphatic hydroxyl groups excluding tert-OH is 1. The number of rotatable bonds is 2. The molecule has 15 heavy (non-hydrogen) atoms. The molecule has 0 aromatic carbocycles. The van der Waals surface area contributed by atoms with Crippen LogP contribution < -0.4 is 0 Å². The first-order chi connectivity index (χ1) is 7.19. The fourth-order valence-corrected chi connectivity index (χ4v) is 1.76. The summed E-state index contributed by atoms with van der Waals surface area (Å²) in [5.41, 5.74) is 0. The second kappa shape index (κ2) is 3.54. The number of methoxy groups -OCH3 is 1. The summed E-state index contributed by atoms with van der Waals surface area (Å²) in [6.45, 7) is -0.239. The molecule has 2 aliphatic heterocycles. The number of hydrogen-bond acceptors (Lipinski definition) is 5. The van der Waals surface area contributed by atoms with Crippen LogP contribution in [0.15, 0.2) is 11.8 Å². The number of β-lactam (4-membered cyclic amide) rings is 1. The Kier molecular flexibility index (Phi) is 2.36. The summed E-state index contributed by atoms with van der Waals surface area (Å²) >= 11 is 0. The van der Waals surface area contributed by atoms with E-state index >= 15 is 0 Å². The van der Waals surface area contributed by atoms with Crippen molar-refractivity contribution in [2.45, 2.75) is 18.7 Å². The number of esters is 1. The summed E-state index contributed by atoms with van der Waals surface area (Å²) in [7, 11) is 1.25. The SMILES string of the molecule is COC(=O)C1/C(=C/CO)OC2CC(=O)N21. The highest BCUT2D eigenvalue weighted by Gasteiger charge is 2.53. The van der Waals surface area contributed by atoms with E-state index in [-0.39, 0.29) is 25.2 Å². The average molecular weight is 213 g/mol. The number of ether oxygens (including phenoxy) is 2. The maximum atomic E-state index is 11.4. The number of hydrogen-bond donors (Lipinski definition) is 1. The van der Waals surface area contributed by atoms with Crippen molar-refractivity contribution in [3.63, 3.8) is 0 Å². The van der Waals surface area contributed by atoms with Crippen LogP contribution in [0.5, 0.6) is 0 Å². The summed E-state index contributed by atoms with van der Waals surface area (Å²) in [6, 6.07) is -0.826. The first kappa shape index (κ1) is 9.97. The summed E-state index contributed by atoms with van der Waals surface area (Å²) in [6.07, 6.45) is 1.27. The van der Waals surface area contributed by atoms with Gasteiger partial charge < -0.3 is 14.6 Å². The van der Waals surface area contributed by atoms with Crippen molar-refractivity contribution in [2.24, 2.45) is 0 Å². The van der Waals surface area contributed by atoms with Crippen molar-refractivity contribution < 1.29 is 24.2 Å². The van der Waals surface area contributed by atoms with Crippen LogP contribution in [0.25, 0.3) is 0 Å². The molecule has 82 valence electrons. The Morgan fingerprint density at radius 2 is 2.53 bits per heavy atom. The Morgan fingerprint density at radius 1 is 1.80 bits per heavy atom. The topological polar surface area (TPSA) is 76.1 Å². The summed E-state index contributed by atoms with van der Waals surface area (Å²) < 4.78 is 9.89. The van der Waals surface area contributed by atoms with Crippen molar-refractivity contribution in [2.75, 3.05) is 13.7 Å². The standard InChI is InChI=1S/C9H11NO5/c1-14-9(13)8-5(2-3-11)15-7-4-6(12)10(7)8/h2,7-8,11H,3-4H2,1H3/b5-2-. The highest BCUT2D eigenvalue weighted by Crippen LogP contribution is 2.36. The Balaban J connectivity index is 2.24. The molecule has 6 heteroatoms. The molecule has 2 fully saturated rings. The molecular formula is C9H11NO5. The van der Waals surface area contributed by atoms with E-state index in [1.54, 1.807) is 0 Å². The molecule has 0 aromatic heterocycles. The van der Waals surface area contributed by atoms with E-state index in [9.17, 15) is 9.59 Å². The van der Waals surface area contributed by atoms with Crippen LogP contribution in [0.1, 0.15) is 6.42 Å². The molecule has 0 aliphatic carbocycles. The lowest BCUT2D eigenvalue weighted by Crippen LogP contribution is -2.55. The molecule has 0 bridgehead atoms. The van der Waals surface area contributed by atoms with Gasteiger partial charge in [0.25, 0.3) is 0 Å². The molecule has 2 saturated heterocycles. The number of carbonyl (C=O) groups is 2. The fourth-order valence-electron chi connectivity index (χ4n) is 1.76. The van der Waals surface area contributed by atoms with Gasteiger partial charge in [0.15, 0.2) is 12.3 Å². The van der Waals surface area contributed by atoms with Gasteiger partial charge in [-0.3, -0.25) is 9.69 Å². The minimum Gasteiger partial charge on any atom is -0.472 e. The first-order valence-electron chi connectivity index (χ1n) is 4.55. The zero-order valence-corrected chi connectivity index (χ0v) is 8.17. The molecule has 1 amide bonds. The van der Waals surface area contributed by atoms with Crippen LogP contribution in [0.3, 0.4) is 0 Å². The number of amides is 1. The molecule has 6 nitrogen and oxygen atoms in total. The maximum Gasteiger partial charge on any atom is 0.336 e. The zero-order chi connectivity index (χ0) is 11.0. The maximum absolute atomic E-state index is 11.4. The Labute approximate surface area is 86.1 Å². The van der Waals surface area contributed by atoms with Gasteiger partial charge in [-0.05, 0) is 6.08 Å². The number of aliphatic hydroxyl groups is 1. The molecule has 0 radical (unpaired) electrons. The second-order valence-corrected chi connectivity index (χ2v) is 3.29. The molecule has 2 heterocycles. The second-order valence-electron chi connectivity index (χ2n) is 3.29. The molecule has 0 saturated carbocycles. The number of carbonyl (C=O) groups excluding carboxylic acids is 2. The molecule has 2 atom stereocenters. The molecule has 1 N–H and O–H groups in total. The minimum absolute atomic E-state index is 0.142. The van der Waals surface area contributed by atoms with E-state index in [4.69, 9.17) is 9.84 Å². The largest absolute Gasteiger partial charge is 0.472 e. The van der Waals surface area contributed by atoms with Crippen LogP contribution in [-0.4, -0.2) is 47.9 Å². The van der Waals surface area contributed by atoms with Gasteiger partial charge in [0.05, 0.1) is 20.1 Å². The lowest BCUT2D eigenvalue weighted by atomic mass is 10.1. The minimum atomic E-state index is -0.826. The third-order valence-corrected chi connectivity index (χ3v) is 2.48. The summed E-state index contributed by atoms with van der Waals surface area (Å²) in [5, 5.41) is 8.75. The van der Waals surface area contributed by atoms with E-state index in [0.717, 1.165) is 0 Å². The Bertz CT molecular complexity index is 337. The predicted molar refractivity (Wildman–Crippen MR) is 47.3 cm³/mol. The monoisotopic (exact) mass is 213 g/mol. The number of fused-ring (bicyclic) bond motifs is 1. The van der Waals surface area contributed by atoms with Gasteiger partial charge in [-0.2, -0.15) is 0 Å². The van der Waals surface area contributed by atoms with E-state index in [0.29, 0.717) is 5.76 Å². The van der Waals surface area contributed by atoms with Crippen molar-refractivity contribution in [1.82, 2.24) is 4.90 Å². The molecular weight excluding hydrogens is 202 g/mol. The van der Waals surface area contributed by atoms with Crippen LogP contribution in [0.4, 0.5) is 0 Å². The van der Waals surface area contributed by atoms with Gasteiger partial charge in [-0.15, -0.1) is 0 Å². The van der Waals surface area contributed by atoms with E-state index in [1.165, 1.54) is 18.1 Å². The van der Waals surface area contributed by atoms with E-state index in [1.807, 2.05) is 0 Å². The number of nitrogens with zero attached hydrogens (tertiary/aromatic N) is 1. The fraction of sp³-hybridized carbons (Fsp3) is 0.556. The highest BCUT2D eigenvalue weighted by molar-refractivity contribution is 5.91. The predicted octanol–water partition coefficient (Wildman–Crippen LogP) is -1.01. The van der Waals surface area contributed by atoms with Gasteiger partial charge in [0, 0.05) is 0 Å². The zero-order valence-electron chi connectivity index (χ0n) is 8.17. The Hall–Kier alpha value is -1.56. The quantitative estimate of drug-likeness (QED) is 0.470. The lowest BCUT2D eigenvalue weighted by Gasteiger charge is -2.33. The molecule has 2 unspecified atom stereocenters. The summed E-state index contributed by atoms with van der Waals surface area (Å²) in [5.74, 6) is -0.401. The smallest absolute Gasteiger partial charge is 0.336 e. The first-order valence-corrected chi connectivity index (χ1v) is 4.55. The summed E-state index contributed by atoms with van der Waals surface area (Å²) in [4.78, 5) is 24.0. The molecule has 0 aromatic rings. The van der Waals surface area contributed by atoms with Crippen LogP contribution in [0, 0.1) is 0 Å². The van der Waals surface area contributed by atoms with Crippen LogP contribution >= 0.6 is 0 Å². The lowest BCUT2D eigenvalue weighted by molar-refractivity contribution is -0.164. The van der Waals surface area contributed by atoms with Gasteiger partial charge in [0.1, 0.15) is 5.76 Å². The third kappa shape index (κ3) is 1.37. The van der Waals surface area contributed by atoms with Gasteiger partial charge >= 0.3 is 5.97 Å². The van der Waals surface area contributed by atoms with Crippen LogP contribution in [0.2, 0.25) is 0 Å². The van der Waals surface area contributed by atoms with Gasteiger partial charge in [-0.25, -0.2) is 4.79 Å². The van der Waals surface area contributed by atoms with Gasteiger partial charge in [0.2, 0.25) is 5.91 Å². The average Bonchev–Trinajstić information content (AvgIpc) is 2.50. The molecule has 0 spiro atoms. The third-order valence-electron chi connectivity index (χ3n) is 2.48. The highest BCUT2D eigenvalue weighted by atomic mass is 16.6. The van der Waals surface area contributed by atoms with Gasteiger partial charge in [-0.1, -0.05) is 0 Å². The van der Waals surface area contributed by atoms with E-state index < -0.39 is 12.0 Å². The van der Waals surface area contributed by atoms with Crippen molar-refractivity contribution in [1.29, 1.82) is 0 Å². The van der Waals surface area contributed by atoms with E-state index in [2.05, 4.69) is 4.74 Å². The molecule has 2 rings (SSSR count). The molecule has 2 aliphatic rings. The van der Waals surface area contributed by atoms with Crippen molar-refractivity contribution in [3.8, 4) is 0 Å².